The number of hydrogen-bond acceptors (Lipinski definition) is 5. The smallest absolute Gasteiger partial charge is 0.326 e. The number of benzene rings is 1. The van der Waals surface area contributed by atoms with Crippen molar-refractivity contribution in [3.05, 3.63) is 45.8 Å². The fourth-order valence-electron chi connectivity index (χ4n) is 2.26. The summed E-state index contributed by atoms with van der Waals surface area (Å²) in [6.45, 7) is 8.61. The first-order chi connectivity index (χ1) is 12.4. The van der Waals surface area contributed by atoms with Gasteiger partial charge in [-0.3, -0.25) is 19.7 Å². The summed E-state index contributed by atoms with van der Waals surface area (Å²) in [4.78, 5) is 36.3. The van der Waals surface area contributed by atoms with Crippen LogP contribution >= 0.6 is 0 Å². The van der Waals surface area contributed by atoms with Crippen LogP contribution in [0, 0.1) is 15.9 Å². The normalized spacial score (nSPS) is 12.7. The van der Waals surface area contributed by atoms with E-state index in [1.807, 2.05) is 6.92 Å². The van der Waals surface area contributed by atoms with E-state index in [1.165, 1.54) is 17.0 Å². The Bertz CT molecular complexity index is 740. The highest BCUT2D eigenvalue weighted by atomic mass is 19.1. The second-order valence-corrected chi connectivity index (χ2v) is 7.10. The first-order valence-corrected chi connectivity index (χ1v) is 8.59. The standard InChI is InChI=1S/C19H25FN2O5/c1-6-13(2)21(12-18(24)27-19(3,4)5)17(23)10-8-14-7-9-15(20)11-16(14)22(25)26/h7-11,13H,6,12H2,1-5H3. The number of nitrogens with zero attached hydrogens (tertiary/aromatic N) is 2. The van der Waals surface area contributed by atoms with Gasteiger partial charge >= 0.3 is 5.97 Å². The fraction of sp³-hybridized carbons (Fsp3) is 0.474. The quantitative estimate of drug-likeness (QED) is 0.311. The number of carbonyl (C=O) groups excluding carboxylic acids is 2. The lowest BCUT2D eigenvalue weighted by molar-refractivity contribution is -0.385. The first-order valence-electron chi connectivity index (χ1n) is 8.59. The predicted octanol–water partition coefficient (Wildman–Crippen LogP) is 3.72. The Balaban J connectivity index is 3.02. The maximum absolute atomic E-state index is 13.2. The first kappa shape index (κ1) is 22.3. The van der Waals surface area contributed by atoms with E-state index in [1.54, 1.807) is 27.7 Å². The number of esters is 1. The van der Waals surface area contributed by atoms with Crippen LogP contribution in [0.25, 0.3) is 6.08 Å². The van der Waals surface area contributed by atoms with Gasteiger partial charge in [0.1, 0.15) is 18.0 Å². The highest BCUT2D eigenvalue weighted by molar-refractivity contribution is 5.94. The van der Waals surface area contributed by atoms with E-state index in [4.69, 9.17) is 4.74 Å². The average molecular weight is 380 g/mol. The van der Waals surface area contributed by atoms with Crippen LogP contribution in [0.5, 0.6) is 0 Å². The van der Waals surface area contributed by atoms with Crippen molar-refractivity contribution in [2.45, 2.75) is 52.7 Å². The third-order valence-electron chi connectivity index (χ3n) is 3.72. The molecule has 7 nitrogen and oxygen atoms in total. The van der Waals surface area contributed by atoms with Gasteiger partial charge in [0.2, 0.25) is 5.91 Å². The molecule has 0 N–H and O–H groups in total. The van der Waals surface area contributed by atoms with Crippen molar-refractivity contribution in [1.29, 1.82) is 0 Å². The Kier molecular flexibility index (Phi) is 7.63. The van der Waals surface area contributed by atoms with Crippen LogP contribution in [0.1, 0.15) is 46.6 Å². The number of carbonyl (C=O) groups is 2. The van der Waals surface area contributed by atoms with Gasteiger partial charge in [-0.1, -0.05) is 6.92 Å². The number of ether oxygens (including phenoxy) is 1. The number of nitro benzene ring substituents is 1. The van der Waals surface area contributed by atoms with Gasteiger partial charge < -0.3 is 9.64 Å². The molecular formula is C19H25FN2O5. The maximum atomic E-state index is 13.2. The molecule has 0 radical (unpaired) electrons. The van der Waals surface area contributed by atoms with Gasteiger partial charge in [0.05, 0.1) is 16.6 Å². The molecule has 0 fully saturated rings. The molecule has 0 heterocycles. The summed E-state index contributed by atoms with van der Waals surface area (Å²) in [6.07, 6.45) is 2.99. The SMILES string of the molecule is CCC(C)N(CC(=O)OC(C)(C)C)C(=O)C=Cc1ccc(F)cc1[N+](=O)[O-]. The Morgan fingerprint density at radius 1 is 1.37 bits per heavy atom. The van der Waals surface area contributed by atoms with E-state index in [2.05, 4.69) is 0 Å². The molecule has 0 saturated carbocycles. The number of nitro groups is 1. The summed E-state index contributed by atoms with van der Waals surface area (Å²) in [5, 5.41) is 11.0. The van der Waals surface area contributed by atoms with Crippen LogP contribution in [-0.4, -0.2) is 39.9 Å². The predicted molar refractivity (Wildman–Crippen MR) is 99.4 cm³/mol. The molecule has 1 amide bonds. The molecule has 0 aliphatic carbocycles. The lowest BCUT2D eigenvalue weighted by Crippen LogP contribution is -2.42. The molecule has 27 heavy (non-hydrogen) atoms. The summed E-state index contributed by atoms with van der Waals surface area (Å²) in [7, 11) is 0. The molecule has 0 saturated heterocycles. The van der Waals surface area contributed by atoms with Crippen molar-refractivity contribution in [2.24, 2.45) is 0 Å². The van der Waals surface area contributed by atoms with Crippen LogP contribution in [0.2, 0.25) is 0 Å². The van der Waals surface area contributed by atoms with Gasteiger partial charge in [0, 0.05) is 12.1 Å². The van der Waals surface area contributed by atoms with E-state index in [-0.39, 0.29) is 18.2 Å². The third-order valence-corrected chi connectivity index (χ3v) is 3.72. The minimum Gasteiger partial charge on any atom is -0.459 e. The van der Waals surface area contributed by atoms with E-state index in [9.17, 15) is 24.1 Å². The van der Waals surface area contributed by atoms with Crippen LogP contribution in [0.4, 0.5) is 10.1 Å². The van der Waals surface area contributed by atoms with Gasteiger partial charge in [-0.2, -0.15) is 0 Å². The molecule has 0 bridgehead atoms. The molecule has 8 heteroatoms. The Morgan fingerprint density at radius 2 is 2.00 bits per heavy atom. The van der Waals surface area contributed by atoms with Crippen LogP contribution in [-0.2, 0) is 14.3 Å². The molecule has 1 atom stereocenters. The largest absolute Gasteiger partial charge is 0.459 e. The molecule has 148 valence electrons. The van der Waals surface area contributed by atoms with Gasteiger partial charge in [-0.05, 0) is 52.3 Å². The van der Waals surface area contributed by atoms with Crippen molar-refractivity contribution in [1.82, 2.24) is 4.90 Å². The Hall–Kier alpha value is -2.77. The zero-order valence-corrected chi connectivity index (χ0v) is 16.2. The van der Waals surface area contributed by atoms with Gasteiger partial charge in [-0.15, -0.1) is 0 Å². The molecule has 1 rings (SSSR count). The van der Waals surface area contributed by atoms with Gasteiger partial charge in [0.15, 0.2) is 0 Å². The zero-order chi connectivity index (χ0) is 20.8. The Morgan fingerprint density at radius 3 is 2.52 bits per heavy atom. The monoisotopic (exact) mass is 380 g/mol. The molecule has 0 spiro atoms. The number of hydrogen-bond donors (Lipinski definition) is 0. The van der Waals surface area contributed by atoms with Crippen LogP contribution < -0.4 is 0 Å². The lowest BCUT2D eigenvalue weighted by atomic mass is 10.1. The molecule has 1 unspecified atom stereocenters. The van der Waals surface area contributed by atoms with Gasteiger partial charge in [0.25, 0.3) is 5.69 Å². The van der Waals surface area contributed by atoms with Crippen LogP contribution in [0.3, 0.4) is 0 Å². The van der Waals surface area contributed by atoms with Crippen LogP contribution in [0.15, 0.2) is 24.3 Å². The van der Waals surface area contributed by atoms with E-state index >= 15 is 0 Å². The summed E-state index contributed by atoms with van der Waals surface area (Å²) >= 11 is 0. The minimum atomic E-state index is -0.740. The molecule has 0 aliphatic rings. The average Bonchev–Trinajstić information content (AvgIpc) is 2.55. The number of halogens is 1. The number of amides is 1. The molecule has 1 aromatic carbocycles. The Labute approximate surface area is 158 Å². The maximum Gasteiger partial charge on any atom is 0.326 e. The second-order valence-electron chi connectivity index (χ2n) is 7.10. The van der Waals surface area contributed by atoms with Gasteiger partial charge in [-0.25, -0.2) is 4.39 Å². The van der Waals surface area contributed by atoms with E-state index < -0.39 is 33.9 Å². The third kappa shape index (κ3) is 7.16. The topological polar surface area (TPSA) is 89.8 Å². The zero-order valence-electron chi connectivity index (χ0n) is 16.2. The second kappa shape index (κ2) is 9.25. The summed E-state index contributed by atoms with van der Waals surface area (Å²) < 4.78 is 18.5. The summed E-state index contributed by atoms with van der Waals surface area (Å²) in [6, 6.07) is 2.85. The molecule has 0 aliphatic heterocycles. The number of rotatable bonds is 7. The fourth-order valence-corrected chi connectivity index (χ4v) is 2.26. The summed E-state index contributed by atoms with van der Waals surface area (Å²) in [5.41, 5.74) is -1.02. The highest BCUT2D eigenvalue weighted by Gasteiger charge is 2.24. The minimum absolute atomic E-state index is 0.0936. The van der Waals surface area contributed by atoms with Crippen molar-refractivity contribution < 1.29 is 23.6 Å². The molecular weight excluding hydrogens is 355 g/mol. The highest BCUT2D eigenvalue weighted by Crippen LogP contribution is 2.21. The summed E-state index contributed by atoms with van der Waals surface area (Å²) in [5.74, 6) is -1.78. The lowest BCUT2D eigenvalue weighted by Gasteiger charge is -2.28. The van der Waals surface area contributed by atoms with Crippen molar-refractivity contribution in [3.63, 3.8) is 0 Å². The van der Waals surface area contributed by atoms with Crippen molar-refractivity contribution in [3.8, 4) is 0 Å². The van der Waals surface area contributed by atoms with Crippen molar-refractivity contribution in [2.75, 3.05) is 6.54 Å². The molecule has 0 aromatic heterocycles. The van der Waals surface area contributed by atoms with Crippen molar-refractivity contribution >= 4 is 23.6 Å². The van der Waals surface area contributed by atoms with E-state index in [0.717, 1.165) is 18.2 Å². The molecule has 1 aromatic rings. The van der Waals surface area contributed by atoms with E-state index in [0.29, 0.717) is 6.42 Å².